The molecule has 5 heteroatoms. The molecule has 1 aromatic carbocycles. The summed E-state index contributed by atoms with van der Waals surface area (Å²) in [6.45, 7) is 7.63. The van der Waals surface area contributed by atoms with Crippen molar-refractivity contribution in [1.82, 2.24) is 0 Å². The fourth-order valence-electron chi connectivity index (χ4n) is 1.31. The van der Waals surface area contributed by atoms with Gasteiger partial charge in [0.05, 0.1) is 16.5 Å². The Bertz CT molecular complexity index is 495. The largest absolute Gasteiger partial charge is 0.324 e. The van der Waals surface area contributed by atoms with Crippen molar-refractivity contribution < 1.29 is 9.59 Å². The molecular weight excluding hydrogens is 282 g/mol. The van der Waals surface area contributed by atoms with Crippen molar-refractivity contribution in [2.45, 2.75) is 32.4 Å². The summed E-state index contributed by atoms with van der Waals surface area (Å²) in [4.78, 5) is 23.1. The second-order valence-corrected chi connectivity index (χ2v) is 7.41. The summed E-state index contributed by atoms with van der Waals surface area (Å²) in [5.41, 5.74) is 1.01. The number of amides is 1. The molecule has 0 radical (unpaired) electrons. The van der Waals surface area contributed by atoms with Crippen LogP contribution < -0.4 is 5.32 Å². The monoisotopic (exact) mass is 299 g/mol. The van der Waals surface area contributed by atoms with E-state index in [0.717, 1.165) is 0 Å². The lowest BCUT2D eigenvalue weighted by Gasteiger charge is -2.17. The van der Waals surface area contributed by atoms with E-state index in [4.69, 9.17) is 11.6 Å². The highest BCUT2D eigenvalue weighted by Crippen LogP contribution is 2.26. The molecule has 3 nitrogen and oxygen atoms in total. The molecule has 0 aliphatic rings. The maximum Gasteiger partial charge on any atom is 0.234 e. The van der Waals surface area contributed by atoms with E-state index in [2.05, 4.69) is 5.32 Å². The highest BCUT2D eigenvalue weighted by Gasteiger charge is 2.14. The molecule has 1 amide bonds. The molecular formula is C14H18ClNO2S. The fourth-order valence-corrected chi connectivity index (χ4v) is 2.11. The van der Waals surface area contributed by atoms with Gasteiger partial charge in [-0.3, -0.25) is 9.59 Å². The smallest absolute Gasteiger partial charge is 0.234 e. The van der Waals surface area contributed by atoms with Crippen molar-refractivity contribution in [2.24, 2.45) is 0 Å². The molecule has 0 fully saturated rings. The quantitative estimate of drug-likeness (QED) is 0.854. The summed E-state index contributed by atoms with van der Waals surface area (Å²) in [5, 5.41) is 3.16. The number of anilines is 1. The Morgan fingerprint density at radius 3 is 2.47 bits per heavy atom. The van der Waals surface area contributed by atoms with Gasteiger partial charge in [0.2, 0.25) is 5.91 Å². The van der Waals surface area contributed by atoms with Crippen LogP contribution in [0.25, 0.3) is 0 Å². The third-order valence-corrected chi connectivity index (χ3v) is 3.89. The topological polar surface area (TPSA) is 46.2 Å². The van der Waals surface area contributed by atoms with Crippen molar-refractivity contribution >= 4 is 40.7 Å². The number of hydrogen-bond donors (Lipinski definition) is 1. The number of thioether (sulfide) groups is 1. The van der Waals surface area contributed by atoms with E-state index < -0.39 is 0 Å². The van der Waals surface area contributed by atoms with Crippen LogP contribution in [0.2, 0.25) is 5.02 Å². The zero-order valence-corrected chi connectivity index (χ0v) is 13.1. The average Bonchev–Trinajstić information content (AvgIpc) is 2.28. The predicted octanol–water partition coefficient (Wildman–Crippen LogP) is 4.01. The highest BCUT2D eigenvalue weighted by molar-refractivity contribution is 8.01. The third-order valence-electron chi connectivity index (χ3n) is 2.28. The number of rotatable bonds is 4. The van der Waals surface area contributed by atoms with Crippen LogP contribution in [0.15, 0.2) is 18.2 Å². The lowest BCUT2D eigenvalue weighted by molar-refractivity contribution is -0.113. The molecule has 0 aliphatic carbocycles. The number of carbonyl (C=O) groups excluding carboxylic acids is 2. The van der Waals surface area contributed by atoms with Gasteiger partial charge in [-0.25, -0.2) is 0 Å². The molecule has 0 atom stereocenters. The summed E-state index contributed by atoms with van der Waals surface area (Å²) in [5.74, 6) is 0.170. The Morgan fingerprint density at radius 1 is 1.32 bits per heavy atom. The minimum atomic E-state index is -0.123. The van der Waals surface area contributed by atoms with Gasteiger partial charge in [-0.05, 0) is 25.1 Å². The molecule has 19 heavy (non-hydrogen) atoms. The Labute approximate surface area is 123 Å². The molecule has 0 aliphatic heterocycles. The van der Waals surface area contributed by atoms with E-state index in [-0.39, 0.29) is 16.4 Å². The molecule has 0 saturated heterocycles. The Kier molecular flexibility index (Phi) is 5.44. The number of nitrogens with one attached hydrogen (secondary N) is 1. The lowest BCUT2D eigenvalue weighted by atomic mass is 10.1. The lowest BCUT2D eigenvalue weighted by Crippen LogP contribution is -2.19. The van der Waals surface area contributed by atoms with E-state index in [1.807, 2.05) is 20.8 Å². The standard InChI is InChI=1S/C14H18ClNO2S/c1-9(17)10-5-6-11(15)12(7-10)16-13(18)8-19-14(2,3)4/h5-7H,8H2,1-4H3,(H,16,18). The van der Waals surface area contributed by atoms with Crippen LogP contribution in [-0.4, -0.2) is 22.2 Å². The van der Waals surface area contributed by atoms with Gasteiger partial charge in [0.1, 0.15) is 0 Å². The van der Waals surface area contributed by atoms with Crippen LogP contribution in [0.3, 0.4) is 0 Å². The van der Waals surface area contributed by atoms with Gasteiger partial charge in [-0.1, -0.05) is 32.4 Å². The summed E-state index contributed by atoms with van der Waals surface area (Å²) in [6.07, 6.45) is 0. The molecule has 0 heterocycles. The minimum absolute atomic E-state index is 0.0301. The van der Waals surface area contributed by atoms with E-state index in [0.29, 0.717) is 22.0 Å². The normalized spacial score (nSPS) is 11.2. The Hall–Kier alpha value is -1.00. The van der Waals surface area contributed by atoms with E-state index >= 15 is 0 Å². The van der Waals surface area contributed by atoms with Crippen LogP contribution in [0.4, 0.5) is 5.69 Å². The maximum absolute atomic E-state index is 11.8. The van der Waals surface area contributed by atoms with Gasteiger partial charge in [-0.2, -0.15) is 0 Å². The molecule has 0 aromatic heterocycles. The average molecular weight is 300 g/mol. The van der Waals surface area contributed by atoms with Gasteiger partial charge in [0.25, 0.3) is 0 Å². The number of ketones is 1. The molecule has 0 spiro atoms. The van der Waals surface area contributed by atoms with Crippen LogP contribution in [0.5, 0.6) is 0 Å². The van der Waals surface area contributed by atoms with Crippen molar-refractivity contribution in [3.05, 3.63) is 28.8 Å². The first-order valence-electron chi connectivity index (χ1n) is 5.93. The molecule has 0 bridgehead atoms. The second kappa shape index (κ2) is 6.44. The van der Waals surface area contributed by atoms with Crippen LogP contribution in [0.1, 0.15) is 38.1 Å². The fraction of sp³-hybridized carbons (Fsp3) is 0.429. The maximum atomic E-state index is 11.8. The molecule has 1 aromatic rings. The first-order chi connectivity index (χ1) is 8.69. The van der Waals surface area contributed by atoms with Crippen LogP contribution in [-0.2, 0) is 4.79 Å². The second-order valence-electron chi connectivity index (χ2n) is 5.20. The van der Waals surface area contributed by atoms with Crippen molar-refractivity contribution in [3.8, 4) is 0 Å². The Balaban J connectivity index is 2.73. The van der Waals surface area contributed by atoms with Gasteiger partial charge in [0, 0.05) is 10.3 Å². The number of benzene rings is 1. The van der Waals surface area contributed by atoms with E-state index in [1.54, 1.807) is 30.0 Å². The first kappa shape index (κ1) is 16.1. The van der Waals surface area contributed by atoms with E-state index in [1.165, 1.54) is 6.92 Å². The molecule has 104 valence electrons. The Morgan fingerprint density at radius 2 is 1.95 bits per heavy atom. The summed E-state index contributed by atoms with van der Waals surface area (Å²) >= 11 is 7.56. The molecule has 0 saturated carbocycles. The predicted molar refractivity (Wildman–Crippen MR) is 82.3 cm³/mol. The van der Waals surface area contributed by atoms with Gasteiger partial charge < -0.3 is 5.32 Å². The number of hydrogen-bond acceptors (Lipinski definition) is 3. The van der Waals surface area contributed by atoms with Crippen LogP contribution >= 0.6 is 23.4 Å². The SMILES string of the molecule is CC(=O)c1ccc(Cl)c(NC(=O)CSC(C)(C)C)c1. The molecule has 1 N–H and O–H groups in total. The van der Waals surface area contributed by atoms with Crippen molar-refractivity contribution in [3.63, 3.8) is 0 Å². The highest BCUT2D eigenvalue weighted by atomic mass is 35.5. The summed E-state index contributed by atoms with van der Waals surface area (Å²) in [6, 6.07) is 4.86. The van der Waals surface area contributed by atoms with Gasteiger partial charge in [-0.15, -0.1) is 11.8 Å². The number of halogens is 1. The van der Waals surface area contributed by atoms with E-state index in [9.17, 15) is 9.59 Å². The number of carbonyl (C=O) groups is 2. The zero-order valence-electron chi connectivity index (χ0n) is 11.5. The number of Topliss-reactive ketones (excluding diaryl/α,β-unsaturated/α-hetero) is 1. The zero-order chi connectivity index (χ0) is 14.6. The molecule has 0 unspecified atom stereocenters. The van der Waals surface area contributed by atoms with Crippen LogP contribution in [0, 0.1) is 0 Å². The van der Waals surface area contributed by atoms with Crippen molar-refractivity contribution in [1.29, 1.82) is 0 Å². The summed E-state index contributed by atoms with van der Waals surface area (Å²) in [7, 11) is 0. The summed E-state index contributed by atoms with van der Waals surface area (Å²) < 4.78 is 0.0301. The molecule has 1 rings (SSSR count). The van der Waals surface area contributed by atoms with Gasteiger partial charge in [0.15, 0.2) is 5.78 Å². The first-order valence-corrected chi connectivity index (χ1v) is 7.30. The van der Waals surface area contributed by atoms with Gasteiger partial charge >= 0.3 is 0 Å². The third kappa shape index (κ3) is 5.66. The minimum Gasteiger partial charge on any atom is -0.324 e. The van der Waals surface area contributed by atoms with Crippen molar-refractivity contribution in [2.75, 3.05) is 11.1 Å².